The number of hydrogen-bond acceptors (Lipinski definition) is 2. The number of fused-ring (bicyclic) bond motifs is 1. The van der Waals surface area contributed by atoms with Crippen LogP contribution in [0.3, 0.4) is 0 Å². The number of nitrogens with zero attached hydrogens (tertiary/aromatic N) is 1. The second-order valence-corrected chi connectivity index (χ2v) is 4.02. The number of methoxy groups -OCH3 is 1. The molecule has 84 valence electrons. The molecule has 0 unspecified atom stereocenters. The number of nitrogens with one attached hydrogen (secondary N) is 1. The summed E-state index contributed by atoms with van der Waals surface area (Å²) >= 11 is 6.10. The van der Waals surface area contributed by atoms with Gasteiger partial charge < -0.3 is 9.72 Å². The van der Waals surface area contributed by atoms with E-state index in [9.17, 15) is 0 Å². The topological polar surface area (TPSA) is 37.9 Å². The molecule has 0 atom stereocenters. The first-order chi connectivity index (χ1) is 7.63. The van der Waals surface area contributed by atoms with Crippen LogP contribution in [0.15, 0.2) is 12.3 Å². The van der Waals surface area contributed by atoms with Crippen molar-refractivity contribution in [3.63, 3.8) is 0 Å². The van der Waals surface area contributed by atoms with Gasteiger partial charge in [-0.15, -0.1) is 0 Å². The number of hydrogen-bond donors (Lipinski definition) is 1. The number of aryl methyl sites for hydroxylation is 2. The average Bonchev–Trinajstić information content (AvgIpc) is 2.68. The molecule has 3 nitrogen and oxygen atoms in total. The van der Waals surface area contributed by atoms with Crippen molar-refractivity contribution in [2.24, 2.45) is 0 Å². The minimum Gasteiger partial charge on any atom is -0.504 e. The Morgan fingerprint density at radius 3 is 2.88 bits per heavy atom. The number of rotatable bonds is 2. The normalized spacial score (nSPS) is 11.5. The van der Waals surface area contributed by atoms with Crippen LogP contribution in [0.25, 0.3) is 17.0 Å². The lowest BCUT2D eigenvalue weighted by Crippen LogP contribution is -1.89. The maximum atomic E-state index is 6.10. The van der Waals surface area contributed by atoms with Crippen molar-refractivity contribution in [2.45, 2.75) is 13.8 Å². The molecule has 0 aromatic carbocycles. The third-order valence-electron chi connectivity index (χ3n) is 2.63. The van der Waals surface area contributed by atoms with Crippen LogP contribution in [0.1, 0.15) is 17.0 Å². The van der Waals surface area contributed by atoms with Crippen molar-refractivity contribution in [1.82, 2.24) is 9.97 Å². The maximum Gasteiger partial charge on any atom is 0.138 e. The maximum absolute atomic E-state index is 6.10. The summed E-state index contributed by atoms with van der Waals surface area (Å²) in [5, 5.41) is 1.48. The molecule has 0 fully saturated rings. The van der Waals surface area contributed by atoms with Crippen molar-refractivity contribution in [3.8, 4) is 0 Å². The molecular formula is C12H13ClN2O. The van der Waals surface area contributed by atoms with Crippen molar-refractivity contribution in [2.75, 3.05) is 7.11 Å². The first-order valence-corrected chi connectivity index (χ1v) is 5.36. The van der Waals surface area contributed by atoms with E-state index in [-0.39, 0.29) is 0 Å². The molecule has 0 aliphatic carbocycles. The Labute approximate surface area is 99.1 Å². The number of H-pyrrole nitrogens is 1. The Kier molecular flexibility index (Phi) is 2.88. The minimum absolute atomic E-state index is 0.534. The van der Waals surface area contributed by atoms with Gasteiger partial charge in [-0.3, -0.25) is 0 Å². The Bertz CT molecular complexity index is 558. The van der Waals surface area contributed by atoms with Gasteiger partial charge in [-0.2, -0.15) is 0 Å². The fraction of sp³-hybridized carbons (Fsp3) is 0.250. The summed E-state index contributed by atoms with van der Waals surface area (Å²) in [5.74, 6) is 0. The first-order valence-electron chi connectivity index (χ1n) is 4.98. The third kappa shape index (κ3) is 1.78. The number of aromatic amines is 1. The molecule has 2 rings (SSSR count). The summed E-state index contributed by atoms with van der Waals surface area (Å²) in [4.78, 5) is 7.57. The van der Waals surface area contributed by atoms with Crippen LogP contribution >= 0.6 is 11.6 Å². The predicted octanol–water partition coefficient (Wildman–Crippen LogP) is 3.45. The van der Waals surface area contributed by atoms with Gasteiger partial charge in [0.05, 0.1) is 18.9 Å². The molecule has 0 amide bonds. The summed E-state index contributed by atoms with van der Waals surface area (Å²) in [7, 11) is 1.61. The van der Waals surface area contributed by atoms with Crippen LogP contribution in [-0.4, -0.2) is 17.1 Å². The number of ether oxygens (including phenoxy) is 1. The molecule has 0 aliphatic rings. The lowest BCUT2D eigenvalue weighted by molar-refractivity contribution is 0.341. The van der Waals surface area contributed by atoms with Gasteiger partial charge in [0.25, 0.3) is 0 Å². The van der Waals surface area contributed by atoms with E-state index in [2.05, 4.69) is 9.97 Å². The SMILES string of the molecule is CO/C=C/c1cc2c(Cl)nc(C)c(C)c2[nH]1. The van der Waals surface area contributed by atoms with Crippen LogP contribution in [-0.2, 0) is 4.74 Å². The van der Waals surface area contributed by atoms with Gasteiger partial charge in [0.2, 0.25) is 0 Å². The molecule has 0 bridgehead atoms. The van der Waals surface area contributed by atoms with E-state index in [1.807, 2.05) is 26.0 Å². The number of aromatic nitrogens is 2. The summed E-state index contributed by atoms with van der Waals surface area (Å²) in [5.41, 5.74) is 4.06. The van der Waals surface area contributed by atoms with E-state index in [0.717, 1.165) is 27.9 Å². The average molecular weight is 237 g/mol. The van der Waals surface area contributed by atoms with Crippen molar-refractivity contribution >= 4 is 28.6 Å². The fourth-order valence-corrected chi connectivity index (χ4v) is 1.91. The van der Waals surface area contributed by atoms with Crippen molar-refractivity contribution in [1.29, 1.82) is 0 Å². The molecule has 2 aromatic heterocycles. The lowest BCUT2D eigenvalue weighted by atomic mass is 10.2. The van der Waals surface area contributed by atoms with Gasteiger partial charge in [-0.1, -0.05) is 11.6 Å². The van der Waals surface area contributed by atoms with Gasteiger partial charge in [0.1, 0.15) is 5.15 Å². The molecule has 2 aromatic rings. The highest BCUT2D eigenvalue weighted by Gasteiger charge is 2.09. The van der Waals surface area contributed by atoms with Gasteiger partial charge in [-0.25, -0.2) is 4.98 Å². The smallest absolute Gasteiger partial charge is 0.138 e. The van der Waals surface area contributed by atoms with E-state index in [1.54, 1.807) is 13.4 Å². The standard InChI is InChI=1S/C12H13ClN2O/c1-7-8(2)14-12(13)10-6-9(4-5-16-3)15-11(7)10/h4-6,15H,1-3H3/b5-4+. The van der Waals surface area contributed by atoms with Gasteiger partial charge >= 0.3 is 0 Å². The molecule has 4 heteroatoms. The van der Waals surface area contributed by atoms with E-state index in [0.29, 0.717) is 5.15 Å². The van der Waals surface area contributed by atoms with Crippen LogP contribution in [0.4, 0.5) is 0 Å². The Morgan fingerprint density at radius 1 is 1.44 bits per heavy atom. The van der Waals surface area contributed by atoms with Crippen LogP contribution in [0.5, 0.6) is 0 Å². The summed E-state index contributed by atoms with van der Waals surface area (Å²) in [6, 6.07) is 1.96. The van der Waals surface area contributed by atoms with E-state index >= 15 is 0 Å². The highest BCUT2D eigenvalue weighted by Crippen LogP contribution is 2.27. The Morgan fingerprint density at radius 2 is 2.19 bits per heavy atom. The van der Waals surface area contributed by atoms with Gasteiger partial charge in [-0.05, 0) is 31.6 Å². The number of halogens is 1. The molecule has 16 heavy (non-hydrogen) atoms. The molecule has 0 spiro atoms. The van der Waals surface area contributed by atoms with Gasteiger partial charge in [0.15, 0.2) is 0 Å². The summed E-state index contributed by atoms with van der Waals surface area (Å²) < 4.78 is 4.88. The zero-order valence-corrected chi connectivity index (χ0v) is 10.2. The highest BCUT2D eigenvalue weighted by atomic mass is 35.5. The highest BCUT2D eigenvalue weighted by molar-refractivity contribution is 6.34. The molecule has 0 saturated heterocycles. The first kappa shape index (κ1) is 11.0. The zero-order valence-electron chi connectivity index (χ0n) is 9.47. The van der Waals surface area contributed by atoms with E-state index in [1.165, 1.54) is 0 Å². The third-order valence-corrected chi connectivity index (χ3v) is 2.92. The zero-order chi connectivity index (χ0) is 11.7. The van der Waals surface area contributed by atoms with Gasteiger partial charge in [0, 0.05) is 16.8 Å². The monoisotopic (exact) mass is 236 g/mol. The van der Waals surface area contributed by atoms with Crippen LogP contribution < -0.4 is 0 Å². The number of pyridine rings is 1. The molecule has 0 aliphatic heterocycles. The molecule has 0 radical (unpaired) electrons. The minimum atomic E-state index is 0.534. The molecule has 1 N–H and O–H groups in total. The fourth-order valence-electron chi connectivity index (χ4n) is 1.64. The molecular weight excluding hydrogens is 224 g/mol. The Balaban J connectivity index is 2.65. The molecule has 2 heterocycles. The van der Waals surface area contributed by atoms with E-state index in [4.69, 9.17) is 16.3 Å². The van der Waals surface area contributed by atoms with Crippen LogP contribution in [0.2, 0.25) is 5.15 Å². The molecule has 0 saturated carbocycles. The second kappa shape index (κ2) is 4.18. The Hall–Kier alpha value is -1.48. The van der Waals surface area contributed by atoms with Crippen molar-refractivity contribution in [3.05, 3.63) is 34.4 Å². The lowest BCUT2D eigenvalue weighted by Gasteiger charge is -2.01. The largest absolute Gasteiger partial charge is 0.504 e. The summed E-state index contributed by atoms with van der Waals surface area (Å²) in [6.45, 7) is 3.98. The van der Waals surface area contributed by atoms with E-state index < -0.39 is 0 Å². The second-order valence-electron chi connectivity index (χ2n) is 3.66. The predicted molar refractivity (Wildman–Crippen MR) is 66.6 cm³/mol. The van der Waals surface area contributed by atoms with Crippen LogP contribution in [0, 0.1) is 13.8 Å². The quantitative estimate of drug-likeness (QED) is 0.641. The van der Waals surface area contributed by atoms with Crippen molar-refractivity contribution < 1.29 is 4.74 Å². The summed E-state index contributed by atoms with van der Waals surface area (Å²) in [6.07, 6.45) is 3.47.